The number of amides is 11. The molecule has 32 heteroatoms. The fraction of sp³-hybridized carbons (Fsp3) is 0.455. The van der Waals surface area contributed by atoms with E-state index in [1.165, 1.54) is 48.5 Å². The normalized spacial score (nSPS) is 20.7. The van der Waals surface area contributed by atoms with Crippen LogP contribution in [0.5, 0.6) is 11.5 Å². The molecule has 0 saturated carbocycles. The minimum absolute atomic E-state index is 0.0414. The van der Waals surface area contributed by atoms with E-state index in [4.69, 9.17) is 11.5 Å². The van der Waals surface area contributed by atoms with Crippen LogP contribution in [0.25, 0.3) is 0 Å². The van der Waals surface area contributed by atoms with Crippen LogP contribution in [-0.4, -0.2) is 199 Å². The van der Waals surface area contributed by atoms with Crippen molar-refractivity contribution < 1.29 is 88.2 Å². The Balaban J connectivity index is 1.79. The summed E-state index contributed by atoms with van der Waals surface area (Å²) >= 11 is 0. The van der Waals surface area contributed by atoms with Gasteiger partial charge in [0, 0.05) is 37.7 Å². The number of nitrogens with two attached hydrogens (primary N) is 2. The Bertz CT molecular complexity index is 2880. The molecule has 1 aliphatic rings. The second kappa shape index (κ2) is 35.8. The number of aliphatic hydroxyl groups is 3. The van der Waals surface area contributed by atoms with Crippen LogP contribution in [0.3, 0.4) is 0 Å². The summed E-state index contributed by atoms with van der Waals surface area (Å²) in [5.41, 5.74) is 12.4. The van der Waals surface area contributed by atoms with Crippen LogP contribution in [0, 0.1) is 0 Å². The first-order chi connectivity index (χ1) is 41.3. The molecular formula is C55H74N12O18S2. The summed E-state index contributed by atoms with van der Waals surface area (Å²) in [5.74, 6) is -14.7. The molecular weight excluding hydrogens is 1180 g/mol. The summed E-state index contributed by atoms with van der Waals surface area (Å²) in [7, 11) is 1.50. The zero-order chi connectivity index (χ0) is 64.3. The molecule has 3 aromatic carbocycles. The van der Waals surface area contributed by atoms with E-state index in [1.54, 1.807) is 30.3 Å². The SMILES string of the molecule is CC(=O)N[C@@H](Cc1ccccc1)C(=O)N[C@H](C(=O)N[C@@H](CO)C(=O)NC1CSSC[C@@H](C(=O)N[C@@H](CC(=O)O)C(N)=O)NC(=O)C(Cc2ccc(O)cc2)NC(=O)[C@H](CCCCN)NC(=O)[C@H](CO)NC(=O)C(Cc2ccc(O)cc2)NC1=O)[C@@H](C)O. The fourth-order valence-electron chi connectivity index (χ4n) is 8.43. The summed E-state index contributed by atoms with van der Waals surface area (Å²) in [5, 5.41) is 85.3. The molecule has 1 saturated heterocycles. The zero-order valence-corrected chi connectivity index (χ0v) is 49.0. The minimum atomic E-state index is -1.95. The van der Waals surface area contributed by atoms with Crippen molar-refractivity contribution in [2.24, 2.45) is 11.5 Å². The highest BCUT2D eigenvalue weighted by atomic mass is 33.1. The summed E-state index contributed by atoms with van der Waals surface area (Å²) in [6.07, 6.45) is -2.96. The van der Waals surface area contributed by atoms with Crippen molar-refractivity contribution >= 4 is 92.5 Å². The maximum atomic E-state index is 14.6. The van der Waals surface area contributed by atoms with Crippen molar-refractivity contribution in [3.63, 3.8) is 0 Å². The Morgan fingerprint density at radius 2 is 1.14 bits per heavy atom. The van der Waals surface area contributed by atoms with Gasteiger partial charge in [-0.3, -0.25) is 57.5 Å². The number of hydrogen-bond acceptors (Lipinski definition) is 20. The number of benzene rings is 3. The Morgan fingerprint density at radius 3 is 1.67 bits per heavy atom. The molecule has 0 radical (unpaired) electrons. The van der Waals surface area contributed by atoms with E-state index in [2.05, 4.69) is 53.2 Å². The first kappa shape index (κ1) is 70.9. The number of phenols is 2. The zero-order valence-electron chi connectivity index (χ0n) is 47.4. The Labute approximate surface area is 507 Å². The van der Waals surface area contributed by atoms with Gasteiger partial charge in [0.05, 0.1) is 25.7 Å². The largest absolute Gasteiger partial charge is 0.508 e. The predicted molar refractivity (Wildman–Crippen MR) is 314 cm³/mol. The molecule has 0 aromatic heterocycles. The van der Waals surface area contributed by atoms with Gasteiger partial charge in [-0.1, -0.05) is 76.2 Å². The third-order valence-electron chi connectivity index (χ3n) is 13.1. The lowest BCUT2D eigenvalue weighted by molar-refractivity contribution is -0.140. The van der Waals surface area contributed by atoms with Crippen LogP contribution in [0.1, 0.15) is 56.2 Å². The third kappa shape index (κ3) is 24.0. The Hall–Kier alpha value is -8.56. The van der Waals surface area contributed by atoms with Gasteiger partial charge in [0.15, 0.2) is 0 Å². The lowest BCUT2D eigenvalue weighted by Gasteiger charge is -2.28. The Kier molecular flexibility index (Phi) is 29.2. The molecule has 0 bridgehead atoms. The highest BCUT2D eigenvalue weighted by Gasteiger charge is 2.37. The molecule has 1 fully saturated rings. The van der Waals surface area contributed by atoms with Gasteiger partial charge in [-0.25, -0.2) is 0 Å². The van der Waals surface area contributed by atoms with Crippen molar-refractivity contribution in [1.29, 1.82) is 0 Å². The van der Waals surface area contributed by atoms with Crippen molar-refractivity contribution in [3.05, 3.63) is 95.6 Å². The van der Waals surface area contributed by atoms with Gasteiger partial charge in [-0.15, -0.1) is 0 Å². The van der Waals surface area contributed by atoms with Gasteiger partial charge < -0.3 is 95.3 Å². The number of carbonyl (C=O) groups is 12. The number of carboxylic acids is 1. The number of rotatable bonds is 25. The molecule has 0 spiro atoms. The number of hydrogen-bond donors (Lipinski definition) is 18. The number of nitrogens with one attached hydrogen (secondary N) is 10. The van der Waals surface area contributed by atoms with Gasteiger partial charge in [0.2, 0.25) is 65.0 Å². The van der Waals surface area contributed by atoms with Gasteiger partial charge in [-0.2, -0.15) is 0 Å². The topological polar surface area (TPSA) is 499 Å². The lowest BCUT2D eigenvalue weighted by Crippen LogP contribution is -2.62. The van der Waals surface area contributed by atoms with E-state index in [9.17, 15) is 88.2 Å². The molecule has 11 amide bonds. The third-order valence-corrected chi connectivity index (χ3v) is 15.5. The molecule has 20 N–H and O–H groups in total. The maximum Gasteiger partial charge on any atom is 0.305 e. The highest BCUT2D eigenvalue weighted by Crippen LogP contribution is 2.24. The molecule has 1 aliphatic heterocycles. The van der Waals surface area contributed by atoms with E-state index in [0.29, 0.717) is 23.1 Å². The predicted octanol–water partition coefficient (Wildman–Crippen LogP) is -5.16. The molecule has 1 heterocycles. The van der Waals surface area contributed by atoms with Crippen LogP contribution in [0.2, 0.25) is 0 Å². The monoisotopic (exact) mass is 1250 g/mol. The maximum absolute atomic E-state index is 14.6. The minimum Gasteiger partial charge on any atom is -0.508 e. The van der Waals surface area contributed by atoms with Gasteiger partial charge >= 0.3 is 5.97 Å². The molecule has 0 aliphatic carbocycles. The average molecular weight is 1260 g/mol. The molecule has 3 unspecified atom stereocenters. The number of aliphatic carboxylic acids is 1. The van der Waals surface area contributed by atoms with Crippen molar-refractivity contribution in [2.75, 3.05) is 31.3 Å². The number of carbonyl (C=O) groups excluding carboxylic acids is 11. The molecule has 4 rings (SSSR count). The number of unbranched alkanes of at least 4 members (excludes halogenated alkanes) is 1. The lowest BCUT2D eigenvalue weighted by atomic mass is 10.0. The number of primary amides is 1. The van der Waals surface area contributed by atoms with Crippen LogP contribution >= 0.6 is 21.6 Å². The summed E-state index contributed by atoms with van der Waals surface area (Å²) in [6, 6.07) is 2.25. The average Bonchev–Trinajstić information content (AvgIpc) is 3.67. The van der Waals surface area contributed by atoms with Crippen LogP contribution < -0.4 is 64.6 Å². The van der Waals surface area contributed by atoms with Gasteiger partial charge in [0.25, 0.3) is 0 Å². The van der Waals surface area contributed by atoms with Crippen LogP contribution in [0.15, 0.2) is 78.9 Å². The standard InChI is InChI=1S/C55H74N12O18S2/c1-28(70)45(67-50(80)37(58-29(2)71)20-30-8-4-3-5-9-30)55(85)64-41(25-69)52(82)66-43-27-87-86-26-42(53(83)60-36(46(57)76)23-44(74)75)65-49(79)39(22-32-13-17-34(73)18-14-32)61-47(77)35(10-6-7-19-56)59-51(81)40(24-68)63-48(78)38(62-54(43)84)21-31-11-15-33(72)16-12-31/h3-5,8-9,11-18,28,35-43,45,68-70,72-73H,6-7,10,19-27,56H2,1-2H3,(H2,57,76)(H,58,71)(H,59,81)(H,60,83)(H,61,77)(H,62,84)(H,63,78)(H,64,85)(H,65,79)(H,66,82)(H,67,80)(H,74,75)/t28-,35+,36+,37+,38?,39?,40+,41+,42+,43?,45+/m1/s1. The molecule has 11 atom stereocenters. The van der Waals surface area contributed by atoms with Crippen molar-refractivity contribution in [1.82, 2.24) is 53.2 Å². The summed E-state index contributed by atoms with van der Waals surface area (Å²) in [6.45, 7) is 0.200. The summed E-state index contributed by atoms with van der Waals surface area (Å²) < 4.78 is 0. The first-order valence-corrected chi connectivity index (χ1v) is 29.8. The molecule has 30 nitrogen and oxygen atoms in total. The van der Waals surface area contributed by atoms with Crippen LogP contribution in [-0.2, 0) is 76.8 Å². The van der Waals surface area contributed by atoms with Crippen LogP contribution in [0.4, 0.5) is 0 Å². The Morgan fingerprint density at radius 1 is 0.609 bits per heavy atom. The first-order valence-electron chi connectivity index (χ1n) is 27.3. The van der Waals surface area contributed by atoms with E-state index in [-0.39, 0.29) is 50.1 Å². The highest BCUT2D eigenvalue weighted by molar-refractivity contribution is 8.76. The second-order valence-electron chi connectivity index (χ2n) is 20.1. The number of carboxylic acid groups (broad SMARTS) is 1. The number of phenolic OH excluding ortho intramolecular Hbond substituents is 2. The number of aliphatic hydroxyl groups excluding tert-OH is 3. The van der Waals surface area contributed by atoms with E-state index < -0.39 is 169 Å². The van der Waals surface area contributed by atoms with E-state index >= 15 is 0 Å². The quantitative estimate of drug-likeness (QED) is 0.0279. The van der Waals surface area contributed by atoms with Gasteiger partial charge in [-0.05, 0) is 73.7 Å². The number of aromatic hydroxyl groups is 2. The molecule has 3 aromatic rings. The fourth-order valence-corrected chi connectivity index (χ4v) is 10.8. The van der Waals surface area contributed by atoms with E-state index in [1.807, 2.05) is 0 Å². The summed E-state index contributed by atoms with van der Waals surface area (Å²) in [4.78, 5) is 164. The van der Waals surface area contributed by atoms with E-state index in [0.717, 1.165) is 35.4 Å². The van der Waals surface area contributed by atoms with Gasteiger partial charge in [0.1, 0.15) is 71.9 Å². The second-order valence-corrected chi connectivity index (χ2v) is 22.7. The van der Waals surface area contributed by atoms with Crippen molar-refractivity contribution in [3.8, 4) is 11.5 Å². The smallest absolute Gasteiger partial charge is 0.305 e. The van der Waals surface area contributed by atoms with Crippen molar-refractivity contribution in [2.45, 2.75) is 125 Å². The molecule has 87 heavy (non-hydrogen) atoms. The molecule has 474 valence electrons.